The number of rotatable bonds is 5. The summed E-state index contributed by atoms with van der Waals surface area (Å²) in [6.07, 6.45) is 0.0910. The van der Waals surface area contributed by atoms with Gasteiger partial charge in [0, 0.05) is 12.3 Å². The van der Waals surface area contributed by atoms with Crippen LogP contribution < -0.4 is 5.73 Å². The van der Waals surface area contributed by atoms with Crippen LogP contribution in [0, 0.1) is 0 Å². The van der Waals surface area contributed by atoms with E-state index in [0.717, 1.165) is 5.75 Å². The van der Waals surface area contributed by atoms with Gasteiger partial charge >= 0.3 is 5.97 Å². The molecule has 0 saturated carbocycles. The van der Waals surface area contributed by atoms with Crippen LogP contribution in [0.4, 0.5) is 0 Å². The predicted octanol–water partition coefficient (Wildman–Crippen LogP) is 0.409. The minimum absolute atomic E-state index is 0.0910. The molecule has 0 fully saturated rings. The Bertz CT molecular complexity index is 110. The number of nitrogens with two attached hydrogens (primary N) is 1. The second kappa shape index (κ2) is 5.88. The van der Waals surface area contributed by atoms with Gasteiger partial charge in [0.25, 0.3) is 0 Å². The molecule has 0 spiro atoms. The molecule has 1 atom stereocenters. The van der Waals surface area contributed by atoms with Gasteiger partial charge in [-0.05, 0) is 0 Å². The average molecular weight is 181 g/mol. The lowest BCUT2D eigenvalue weighted by atomic mass is 10.5. The highest BCUT2D eigenvalue weighted by Gasteiger charge is 2.06. The Hall–Kier alpha value is 0.130. The van der Waals surface area contributed by atoms with Gasteiger partial charge in [-0.2, -0.15) is 12.6 Å². The zero-order chi connectivity index (χ0) is 7.98. The van der Waals surface area contributed by atoms with E-state index in [1.54, 1.807) is 0 Å². The molecule has 0 aromatic rings. The number of carbonyl (C=O) groups is 1. The highest BCUT2D eigenvalue weighted by Crippen LogP contribution is 2.16. The number of carboxylic acids is 1. The average Bonchev–Trinajstić information content (AvgIpc) is 1.82. The first kappa shape index (κ1) is 10.1. The summed E-state index contributed by atoms with van der Waals surface area (Å²) in [6, 6.07) is 0. The number of hydrogen-bond acceptors (Lipinski definition) is 4. The van der Waals surface area contributed by atoms with Crippen LogP contribution >= 0.6 is 24.4 Å². The van der Waals surface area contributed by atoms with E-state index in [2.05, 4.69) is 12.6 Å². The normalized spacial score (nSPS) is 13.0. The van der Waals surface area contributed by atoms with Crippen molar-refractivity contribution in [3.05, 3.63) is 0 Å². The van der Waals surface area contributed by atoms with E-state index in [4.69, 9.17) is 10.8 Å². The van der Waals surface area contributed by atoms with Crippen molar-refractivity contribution in [2.45, 2.75) is 11.0 Å². The molecule has 1 unspecified atom stereocenters. The largest absolute Gasteiger partial charge is 0.481 e. The molecule has 0 amide bonds. The molecule has 3 nitrogen and oxygen atoms in total. The molecule has 0 aliphatic rings. The number of thioether (sulfide) groups is 1. The standard InChI is InChI=1S/C5H11NO2S2/c6-1-2-10-5(9)3-4(7)8/h5,9H,1-3,6H2,(H,7,8). The molecule has 10 heavy (non-hydrogen) atoms. The Morgan fingerprint density at radius 2 is 2.40 bits per heavy atom. The van der Waals surface area contributed by atoms with Crippen molar-refractivity contribution >= 4 is 30.4 Å². The van der Waals surface area contributed by atoms with Crippen molar-refractivity contribution in [3.8, 4) is 0 Å². The fourth-order valence-electron chi connectivity index (χ4n) is 0.412. The minimum atomic E-state index is -0.815. The second-order valence-corrected chi connectivity index (χ2v) is 4.00. The molecule has 0 rings (SSSR count). The van der Waals surface area contributed by atoms with Crippen molar-refractivity contribution in [2.75, 3.05) is 12.3 Å². The van der Waals surface area contributed by atoms with Crippen molar-refractivity contribution in [1.29, 1.82) is 0 Å². The highest BCUT2D eigenvalue weighted by molar-refractivity contribution is 8.10. The van der Waals surface area contributed by atoms with Crippen LogP contribution in [0.5, 0.6) is 0 Å². The lowest BCUT2D eigenvalue weighted by Crippen LogP contribution is -2.08. The van der Waals surface area contributed by atoms with Gasteiger partial charge in [0.15, 0.2) is 0 Å². The molecule has 0 bridgehead atoms. The maximum Gasteiger partial charge on any atom is 0.305 e. The summed E-state index contributed by atoms with van der Waals surface area (Å²) in [5.74, 6) is -0.0499. The molecule has 5 heteroatoms. The lowest BCUT2D eigenvalue weighted by Gasteiger charge is -2.04. The molecular formula is C5H11NO2S2. The third-order valence-electron chi connectivity index (χ3n) is 0.777. The van der Waals surface area contributed by atoms with Crippen molar-refractivity contribution in [1.82, 2.24) is 0 Å². The van der Waals surface area contributed by atoms with Crippen LogP contribution in [0.2, 0.25) is 0 Å². The van der Waals surface area contributed by atoms with Gasteiger partial charge in [-0.15, -0.1) is 11.8 Å². The summed E-state index contributed by atoms with van der Waals surface area (Å²) >= 11 is 5.49. The first-order valence-corrected chi connectivity index (χ1v) is 4.45. The van der Waals surface area contributed by atoms with Crippen LogP contribution in [-0.2, 0) is 4.79 Å². The Morgan fingerprint density at radius 3 is 2.80 bits per heavy atom. The number of aliphatic carboxylic acids is 1. The van der Waals surface area contributed by atoms with E-state index in [1.807, 2.05) is 0 Å². The van der Waals surface area contributed by atoms with E-state index in [-0.39, 0.29) is 11.0 Å². The Balaban J connectivity index is 3.25. The van der Waals surface area contributed by atoms with E-state index in [9.17, 15) is 4.79 Å². The summed E-state index contributed by atoms with van der Waals surface area (Å²) in [4.78, 5) is 10.1. The Kier molecular flexibility index (Phi) is 5.96. The molecule has 3 N–H and O–H groups in total. The highest BCUT2D eigenvalue weighted by atomic mass is 32.2. The molecule has 60 valence electrons. The van der Waals surface area contributed by atoms with Gasteiger partial charge in [-0.25, -0.2) is 0 Å². The first-order valence-electron chi connectivity index (χ1n) is 2.88. The fourth-order valence-corrected chi connectivity index (χ4v) is 1.55. The predicted molar refractivity (Wildman–Crippen MR) is 46.5 cm³/mol. The maximum atomic E-state index is 10.1. The molecular weight excluding hydrogens is 170 g/mol. The van der Waals surface area contributed by atoms with E-state index in [1.165, 1.54) is 11.8 Å². The lowest BCUT2D eigenvalue weighted by molar-refractivity contribution is -0.136. The molecule has 0 saturated heterocycles. The zero-order valence-corrected chi connectivity index (χ0v) is 7.20. The van der Waals surface area contributed by atoms with E-state index in [0.29, 0.717) is 6.54 Å². The topological polar surface area (TPSA) is 63.3 Å². The van der Waals surface area contributed by atoms with Crippen LogP contribution in [0.1, 0.15) is 6.42 Å². The van der Waals surface area contributed by atoms with E-state index < -0.39 is 5.97 Å². The molecule has 0 aromatic heterocycles. The Morgan fingerprint density at radius 1 is 1.80 bits per heavy atom. The third kappa shape index (κ3) is 6.25. The van der Waals surface area contributed by atoms with Crippen LogP contribution in [-0.4, -0.2) is 28.0 Å². The van der Waals surface area contributed by atoms with Crippen molar-refractivity contribution < 1.29 is 9.90 Å². The smallest absolute Gasteiger partial charge is 0.305 e. The summed E-state index contributed by atoms with van der Waals surface area (Å²) < 4.78 is -0.124. The third-order valence-corrected chi connectivity index (χ3v) is 2.43. The molecule has 0 aliphatic heterocycles. The van der Waals surface area contributed by atoms with Gasteiger partial charge < -0.3 is 10.8 Å². The number of thiol groups is 1. The van der Waals surface area contributed by atoms with Gasteiger partial charge in [-0.1, -0.05) is 0 Å². The van der Waals surface area contributed by atoms with E-state index >= 15 is 0 Å². The van der Waals surface area contributed by atoms with Gasteiger partial charge in [0.1, 0.15) is 0 Å². The SMILES string of the molecule is NCCSC(S)CC(=O)O. The fraction of sp³-hybridized carbons (Fsp3) is 0.800. The number of hydrogen-bond donors (Lipinski definition) is 3. The van der Waals surface area contributed by atoms with Gasteiger partial charge in [0.05, 0.1) is 11.0 Å². The summed E-state index contributed by atoms with van der Waals surface area (Å²) in [5, 5.41) is 8.29. The molecule has 0 aromatic carbocycles. The van der Waals surface area contributed by atoms with Crippen molar-refractivity contribution in [2.24, 2.45) is 5.73 Å². The second-order valence-electron chi connectivity index (χ2n) is 1.71. The quantitative estimate of drug-likeness (QED) is 0.424. The minimum Gasteiger partial charge on any atom is -0.481 e. The Labute approximate surface area is 69.8 Å². The van der Waals surface area contributed by atoms with Crippen molar-refractivity contribution in [3.63, 3.8) is 0 Å². The number of carboxylic acid groups (broad SMARTS) is 1. The maximum absolute atomic E-state index is 10.1. The van der Waals surface area contributed by atoms with Crippen LogP contribution in [0.3, 0.4) is 0 Å². The zero-order valence-electron chi connectivity index (χ0n) is 5.49. The molecule has 0 heterocycles. The summed E-state index contributed by atoms with van der Waals surface area (Å²) in [7, 11) is 0. The van der Waals surface area contributed by atoms with Gasteiger partial charge in [0.2, 0.25) is 0 Å². The molecule has 0 aliphatic carbocycles. The summed E-state index contributed by atoms with van der Waals surface area (Å²) in [5.41, 5.74) is 5.21. The summed E-state index contributed by atoms with van der Waals surface area (Å²) in [6.45, 7) is 0.571. The van der Waals surface area contributed by atoms with Crippen LogP contribution in [0.15, 0.2) is 0 Å². The van der Waals surface area contributed by atoms with Crippen LogP contribution in [0.25, 0.3) is 0 Å². The monoisotopic (exact) mass is 181 g/mol. The molecule has 0 radical (unpaired) electrons. The first-order chi connectivity index (χ1) is 4.66. The van der Waals surface area contributed by atoms with Gasteiger partial charge in [-0.3, -0.25) is 4.79 Å².